The van der Waals surface area contributed by atoms with Gasteiger partial charge in [0, 0.05) is 11.1 Å². The molecular formula is C24H26O6. The number of benzene rings is 2. The second-order valence-corrected chi connectivity index (χ2v) is 6.78. The van der Waals surface area contributed by atoms with E-state index in [0.717, 1.165) is 25.7 Å². The lowest BCUT2D eigenvalue weighted by molar-refractivity contribution is -0.139. The van der Waals surface area contributed by atoms with Gasteiger partial charge in [0.25, 0.3) is 11.6 Å². The molecule has 0 fully saturated rings. The molecule has 0 aliphatic rings. The topological polar surface area (TPSA) is 86.7 Å². The van der Waals surface area contributed by atoms with Crippen LogP contribution in [0.25, 0.3) is 0 Å². The smallest absolute Gasteiger partial charge is 0.379 e. The van der Waals surface area contributed by atoms with Crippen LogP contribution in [-0.4, -0.2) is 36.7 Å². The van der Waals surface area contributed by atoms with E-state index in [9.17, 15) is 19.2 Å². The first kappa shape index (κ1) is 23.0. The number of hydrogen-bond donors (Lipinski definition) is 0. The second kappa shape index (κ2) is 13.0. The fourth-order valence-electron chi connectivity index (χ4n) is 2.79. The Balaban J connectivity index is 1.46. The molecule has 0 spiro atoms. The summed E-state index contributed by atoms with van der Waals surface area (Å²) in [6.07, 6.45) is 5.02. The molecule has 6 heteroatoms. The minimum absolute atomic E-state index is 0.219. The number of Topliss-reactive ketones (excluding diaryl/α,β-unsaturated/α-hetero) is 2. The van der Waals surface area contributed by atoms with Crippen LogP contribution in [0.5, 0.6) is 0 Å². The third kappa shape index (κ3) is 7.99. The monoisotopic (exact) mass is 410 g/mol. The van der Waals surface area contributed by atoms with Gasteiger partial charge in [0.2, 0.25) is 0 Å². The van der Waals surface area contributed by atoms with Crippen molar-refractivity contribution in [1.82, 2.24) is 0 Å². The molecule has 0 unspecified atom stereocenters. The summed E-state index contributed by atoms with van der Waals surface area (Å²) in [6, 6.07) is 16.7. The van der Waals surface area contributed by atoms with Crippen LogP contribution in [0.15, 0.2) is 60.7 Å². The van der Waals surface area contributed by atoms with Gasteiger partial charge in [-0.15, -0.1) is 0 Å². The van der Waals surface area contributed by atoms with Gasteiger partial charge in [-0.2, -0.15) is 0 Å². The summed E-state index contributed by atoms with van der Waals surface area (Å²) < 4.78 is 10.0. The van der Waals surface area contributed by atoms with E-state index in [1.165, 1.54) is 0 Å². The maximum atomic E-state index is 11.9. The fourth-order valence-corrected chi connectivity index (χ4v) is 2.79. The zero-order valence-electron chi connectivity index (χ0n) is 16.9. The summed E-state index contributed by atoms with van der Waals surface area (Å²) in [5, 5.41) is 0. The first-order valence-corrected chi connectivity index (χ1v) is 10.1. The predicted molar refractivity (Wildman–Crippen MR) is 111 cm³/mol. The molecule has 0 aromatic heterocycles. The van der Waals surface area contributed by atoms with Gasteiger partial charge in [0.05, 0.1) is 13.2 Å². The standard InChI is InChI=1S/C24H26O6/c25-21(19-13-7-5-8-14-19)23(27)29-17-11-3-1-2-4-12-18-30-24(28)22(26)20-15-9-6-10-16-20/h5-10,13-16H,1-4,11-12,17-18H2. The highest BCUT2D eigenvalue weighted by molar-refractivity contribution is 6.41. The Hall–Kier alpha value is -3.28. The average molecular weight is 410 g/mol. The Labute approximate surface area is 176 Å². The van der Waals surface area contributed by atoms with Crippen LogP contribution in [0.2, 0.25) is 0 Å². The van der Waals surface area contributed by atoms with Crippen LogP contribution in [0.3, 0.4) is 0 Å². The van der Waals surface area contributed by atoms with Crippen molar-refractivity contribution < 1.29 is 28.7 Å². The molecule has 0 aliphatic heterocycles. The van der Waals surface area contributed by atoms with Gasteiger partial charge < -0.3 is 9.47 Å². The molecule has 0 heterocycles. The van der Waals surface area contributed by atoms with Crippen LogP contribution in [0.1, 0.15) is 59.2 Å². The molecule has 0 radical (unpaired) electrons. The molecule has 0 amide bonds. The molecule has 30 heavy (non-hydrogen) atoms. The predicted octanol–water partition coefficient (Wildman–Crippen LogP) is 4.18. The summed E-state index contributed by atoms with van der Waals surface area (Å²) in [5.41, 5.74) is 0.655. The Morgan fingerprint density at radius 3 is 1.20 bits per heavy atom. The van der Waals surface area contributed by atoms with E-state index >= 15 is 0 Å². The van der Waals surface area contributed by atoms with Gasteiger partial charge in [-0.05, 0) is 12.8 Å². The van der Waals surface area contributed by atoms with Crippen LogP contribution in [0.4, 0.5) is 0 Å². The van der Waals surface area contributed by atoms with Gasteiger partial charge in [0.1, 0.15) is 0 Å². The summed E-state index contributed by atoms with van der Waals surface area (Å²) >= 11 is 0. The summed E-state index contributed by atoms with van der Waals surface area (Å²) in [6.45, 7) is 0.438. The molecule has 2 aromatic carbocycles. The normalized spacial score (nSPS) is 10.3. The lowest BCUT2D eigenvalue weighted by Gasteiger charge is -2.05. The van der Waals surface area contributed by atoms with Gasteiger partial charge in [0.15, 0.2) is 0 Å². The van der Waals surface area contributed by atoms with E-state index in [0.29, 0.717) is 24.0 Å². The fraction of sp³-hybridized carbons (Fsp3) is 0.333. The van der Waals surface area contributed by atoms with Crippen LogP contribution < -0.4 is 0 Å². The molecule has 0 saturated heterocycles. The molecule has 0 saturated carbocycles. The van der Waals surface area contributed by atoms with Crippen molar-refractivity contribution >= 4 is 23.5 Å². The van der Waals surface area contributed by atoms with E-state index < -0.39 is 23.5 Å². The van der Waals surface area contributed by atoms with E-state index in [1.54, 1.807) is 60.7 Å². The van der Waals surface area contributed by atoms with Gasteiger partial charge in [-0.1, -0.05) is 86.3 Å². The molecule has 2 aromatic rings. The molecule has 0 N–H and O–H groups in total. The van der Waals surface area contributed by atoms with Crippen LogP contribution in [0, 0.1) is 0 Å². The van der Waals surface area contributed by atoms with E-state index in [4.69, 9.17) is 9.47 Å². The van der Waals surface area contributed by atoms with Crippen molar-refractivity contribution in [3.05, 3.63) is 71.8 Å². The first-order valence-electron chi connectivity index (χ1n) is 10.1. The number of esters is 2. The van der Waals surface area contributed by atoms with E-state index in [1.807, 2.05) is 0 Å². The molecular weight excluding hydrogens is 384 g/mol. The Morgan fingerprint density at radius 1 is 0.500 bits per heavy atom. The minimum Gasteiger partial charge on any atom is -0.460 e. The average Bonchev–Trinajstić information content (AvgIpc) is 2.80. The third-order valence-electron chi connectivity index (χ3n) is 4.45. The second-order valence-electron chi connectivity index (χ2n) is 6.78. The Kier molecular flexibility index (Phi) is 10.00. The maximum Gasteiger partial charge on any atom is 0.379 e. The number of rotatable bonds is 13. The largest absolute Gasteiger partial charge is 0.460 e. The molecule has 0 atom stereocenters. The number of unbranched alkanes of at least 4 members (excludes halogenated alkanes) is 5. The van der Waals surface area contributed by atoms with Crippen molar-refractivity contribution in [3.8, 4) is 0 Å². The van der Waals surface area contributed by atoms with Crippen molar-refractivity contribution in [2.24, 2.45) is 0 Å². The molecule has 0 bridgehead atoms. The molecule has 0 aliphatic carbocycles. The van der Waals surface area contributed by atoms with Gasteiger partial charge >= 0.3 is 11.9 Å². The van der Waals surface area contributed by atoms with Crippen LogP contribution >= 0.6 is 0 Å². The van der Waals surface area contributed by atoms with Crippen molar-refractivity contribution in [3.63, 3.8) is 0 Å². The first-order chi connectivity index (χ1) is 14.6. The van der Waals surface area contributed by atoms with E-state index in [2.05, 4.69) is 0 Å². The number of carbonyl (C=O) groups is 4. The van der Waals surface area contributed by atoms with Crippen molar-refractivity contribution in [1.29, 1.82) is 0 Å². The molecule has 6 nitrogen and oxygen atoms in total. The lowest BCUT2D eigenvalue weighted by atomic mass is 10.1. The quantitative estimate of drug-likeness (QED) is 0.213. The Bertz CT molecular complexity index is 758. The van der Waals surface area contributed by atoms with Gasteiger partial charge in [-0.25, -0.2) is 9.59 Å². The van der Waals surface area contributed by atoms with Crippen LogP contribution in [-0.2, 0) is 19.1 Å². The Morgan fingerprint density at radius 2 is 0.833 bits per heavy atom. The SMILES string of the molecule is O=C(OCCCCCCCCOC(=O)C(=O)c1ccccc1)C(=O)c1ccccc1. The highest BCUT2D eigenvalue weighted by atomic mass is 16.5. The van der Waals surface area contributed by atoms with Gasteiger partial charge in [-0.3, -0.25) is 9.59 Å². The molecule has 2 rings (SSSR count). The number of ketones is 2. The summed E-state index contributed by atoms with van der Waals surface area (Å²) in [7, 11) is 0. The molecule has 158 valence electrons. The minimum atomic E-state index is -0.826. The number of hydrogen-bond acceptors (Lipinski definition) is 6. The number of carbonyl (C=O) groups excluding carboxylic acids is 4. The highest BCUT2D eigenvalue weighted by Gasteiger charge is 2.17. The van der Waals surface area contributed by atoms with Crippen molar-refractivity contribution in [2.75, 3.05) is 13.2 Å². The number of ether oxygens (including phenoxy) is 2. The summed E-state index contributed by atoms with van der Waals surface area (Å²) in [5.74, 6) is -2.91. The highest BCUT2D eigenvalue weighted by Crippen LogP contribution is 2.08. The maximum absolute atomic E-state index is 11.9. The van der Waals surface area contributed by atoms with E-state index in [-0.39, 0.29) is 13.2 Å². The lowest BCUT2D eigenvalue weighted by Crippen LogP contribution is -2.18. The third-order valence-corrected chi connectivity index (χ3v) is 4.45. The zero-order valence-corrected chi connectivity index (χ0v) is 16.9. The van der Waals surface area contributed by atoms with Crippen molar-refractivity contribution in [2.45, 2.75) is 38.5 Å². The summed E-state index contributed by atoms with van der Waals surface area (Å²) in [4.78, 5) is 47.1. The zero-order chi connectivity index (χ0) is 21.6.